The quantitative estimate of drug-likeness (QED) is 0.652. The smallest absolute Gasteiger partial charge is 0.220 e. The normalized spacial score (nSPS) is 16.4. The Kier molecular flexibility index (Phi) is 8.12. The van der Waals surface area contributed by atoms with Gasteiger partial charge in [-0.1, -0.05) is 43.2 Å². The second kappa shape index (κ2) is 10.4. The van der Waals surface area contributed by atoms with Crippen LogP contribution in [0.3, 0.4) is 0 Å². The van der Waals surface area contributed by atoms with Gasteiger partial charge in [0.1, 0.15) is 0 Å². The Morgan fingerprint density at radius 1 is 1.09 bits per heavy atom. The molecule has 1 aliphatic rings. The minimum absolute atomic E-state index is 0.179. The summed E-state index contributed by atoms with van der Waals surface area (Å²) >= 11 is 0. The fraction of sp³-hybridized carbons (Fsp3) is 0.632. The summed E-state index contributed by atoms with van der Waals surface area (Å²) in [6.07, 6.45) is 7.41. The molecule has 0 aromatic heterocycles. The highest BCUT2D eigenvalue weighted by Gasteiger charge is 2.23. The molecule has 1 fully saturated rings. The summed E-state index contributed by atoms with van der Waals surface area (Å²) in [6.45, 7) is 3.73. The Labute approximate surface area is 140 Å². The fourth-order valence-electron chi connectivity index (χ4n) is 3.27. The van der Waals surface area contributed by atoms with E-state index in [9.17, 15) is 4.79 Å². The Morgan fingerprint density at radius 2 is 1.78 bits per heavy atom. The van der Waals surface area contributed by atoms with E-state index in [2.05, 4.69) is 34.5 Å². The van der Waals surface area contributed by atoms with Gasteiger partial charge in [-0.2, -0.15) is 0 Å². The topological polar surface area (TPSA) is 58.4 Å². The van der Waals surface area contributed by atoms with Crippen molar-refractivity contribution in [3.8, 4) is 0 Å². The largest absolute Gasteiger partial charge is 0.354 e. The molecule has 1 amide bonds. The second-order valence-corrected chi connectivity index (χ2v) is 6.43. The maximum atomic E-state index is 12.1. The van der Waals surface area contributed by atoms with Crippen LogP contribution in [0.15, 0.2) is 30.3 Å². The van der Waals surface area contributed by atoms with Crippen LogP contribution in [-0.2, 0) is 4.79 Å². The lowest BCUT2D eigenvalue weighted by atomic mass is 10.1. The Bertz CT molecular complexity index is 443. The molecule has 1 aromatic rings. The number of benzene rings is 1. The van der Waals surface area contributed by atoms with Crippen LogP contribution < -0.4 is 11.1 Å². The summed E-state index contributed by atoms with van der Waals surface area (Å²) < 4.78 is 0. The maximum Gasteiger partial charge on any atom is 0.220 e. The molecular weight excluding hydrogens is 286 g/mol. The van der Waals surface area contributed by atoms with E-state index in [0.717, 1.165) is 45.3 Å². The number of carbonyl (C=O) groups is 1. The van der Waals surface area contributed by atoms with Crippen LogP contribution in [0.4, 0.5) is 0 Å². The summed E-state index contributed by atoms with van der Waals surface area (Å²) in [5, 5.41) is 3.14. The summed E-state index contributed by atoms with van der Waals surface area (Å²) in [6, 6.07) is 10.9. The molecule has 1 unspecified atom stereocenters. The zero-order chi connectivity index (χ0) is 16.3. The SMILES string of the molecule is NCCCCCCC(=O)NCC(c1ccccc1)N1CCCC1. The van der Waals surface area contributed by atoms with Crippen LogP contribution in [0.5, 0.6) is 0 Å². The summed E-state index contributed by atoms with van der Waals surface area (Å²) in [4.78, 5) is 14.6. The van der Waals surface area contributed by atoms with Crippen molar-refractivity contribution >= 4 is 5.91 Å². The molecule has 1 heterocycles. The molecule has 4 heteroatoms. The lowest BCUT2D eigenvalue weighted by Crippen LogP contribution is -2.36. The van der Waals surface area contributed by atoms with E-state index in [0.29, 0.717) is 19.0 Å². The first-order valence-electron chi connectivity index (χ1n) is 9.07. The molecule has 0 bridgehead atoms. The number of likely N-dealkylation sites (tertiary alicyclic amines) is 1. The maximum absolute atomic E-state index is 12.1. The molecule has 1 saturated heterocycles. The highest BCUT2D eigenvalue weighted by molar-refractivity contribution is 5.75. The summed E-state index contributed by atoms with van der Waals surface area (Å²) in [5.74, 6) is 0.179. The number of carbonyl (C=O) groups excluding carboxylic acids is 1. The monoisotopic (exact) mass is 317 g/mol. The first kappa shape index (κ1) is 18.0. The van der Waals surface area contributed by atoms with Crippen LogP contribution in [0.1, 0.15) is 56.6 Å². The standard InChI is InChI=1S/C19H31N3O/c20-13-7-2-1-6-12-19(23)21-16-18(22-14-8-9-15-22)17-10-4-3-5-11-17/h3-5,10-11,18H,1-2,6-9,12-16,20H2,(H,21,23). The number of amides is 1. The fourth-order valence-corrected chi connectivity index (χ4v) is 3.27. The van der Waals surface area contributed by atoms with Crippen molar-refractivity contribution in [2.24, 2.45) is 5.73 Å². The zero-order valence-electron chi connectivity index (χ0n) is 14.2. The number of unbranched alkanes of at least 4 members (excludes halogenated alkanes) is 3. The van der Waals surface area contributed by atoms with Gasteiger partial charge in [0.15, 0.2) is 0 Å². The molecule has 0 radical (unpaired) electrons. The molecule has 128 valence electrons. The van der Waals surface area contributed by atoms with Gasteiger partial charge in [-0.15, -0.1) is 0 Å². The molecule has 4 nitrogen and oxygen atoms in total. The number of hydrogen-bond donors (Lipinski definition) is 2. The predicted octanol–water partition coefficient (Wildman–Crippen LogP) is 2.85. The highest BCUT2D eigenvalue weighted by Crippen LogP contribution is 2.24. The number of nitrogens with one attached hydrogen (secondary N) is 1. The van der Waals surface area contributed by atoms with Crippen molar-refractivity contribution in [3.63, 3.8) is 0 Å². The van der Waals surface area contributed by atoms with Crippen molar-refractivity contribution in [1.29, 1.82) is 0 Å². The van der Waals surface area contributed by atoms with Gasteiger partial charge in [-0.25, -0.2) is 0 Å². The van der Waals surface area contributed by atoms with E-state index in [1.54, 1.807) is 0 Å². The van der Waals surface area contributed by atoms with Gasteiger partial charge in [-0.3, -0.25) is 9.69 Å². The van der Waals surface area contributed by atoms with Gasteiger partial charge in [0.2, 0.25) is 5.91 Å². The Balaban J connectivity index is 1.78. The van der Waals surface area contributed by atoms with E-state index in [-0.39, 0.29) is 5.91 Å². The van der Waals surface area contributed by atoms with E-state index in [1.165, 1.54) is 18.4 Å². The minimum atomic E-state index is 0.179. The Hall–Kier alpha value is -1.39. The van der Waals surface area contributed by atoms with Crippen LogP contribution in [0, 0.1) is 0 Å². The third kappa shape index (κ3) is 6.32. The lowest BCUT2D eigenvalue weighted by Gasteiger charge is -2.28. The van der Waals surface area contributed by atoms with Crippen molar-refractivity contribution in [2.75, 3.05) is 26.2 Å². The molecule has 0 aliphatic carbocycles. The van der Waals surface area contributed by atoms with Crippen LogP contribution in [0.25, 0.3) is 0 Å². The number of nitrogens with two attached hydrogens (primary N) is 1. The third-order valence-electron chi connectivity index (χ3n) is 4.62. The van der Waals surface area contributed by atoms with Crippen LogP contribution >= 0.6 is 0 Å². The van der Waals surface area contributed by atoms with E-state index in [1.807, 2.05) is 6.07 Å². The highest BCUT2D eigenvalue weighted by atomic mass is 16.1. The molecule has 23 heavy (non-hydrogen) atoms. The van der Waals surface area contributed by atoms with Crippen molar-refractivity contribution in [3.05, 3.63) is 35.9 Å². The molecule has 3 N–H and O–H groups in total. The lowest BCUT2D eigenvalue weighted by molar-refractivity contribution is -0.121. The average molecular weight is 317 g/mol. The molecule has 2 rings (SSSR count). The van der Waals surface area contributed by atoms with E-state index >= 15 is 0 Å². The minimum Gasteiger partial charge on any atom is -0.354 e. The van der Waals surface area contributed by atoms with Crippen molar-refractivity contribution in [1.82, 2.24) is 10.2 Å². The Morgan fingerprint density at radius 3 is 2.48 bits per heavy atom. The van der Waals surface area contributed by atoms with Gasteiger partial charge in [0.25, 0.3) is 0 Å². The van der Waals surface area contributed by atoms with Gasteiger partial charge >= 0.3 is 0 Å². The summed E-state index contributed by atoms with van der Waals surface area (Å²) in [5.41, 5.74) is 6.79. The number of rotatable bonds is 10. The van der Waals surface area contributed by atoms with E-state index in [4.69, 9.17) is 5.73 Å². The van der Waals surface area contributed by atoms with E-state index < -0.39 is 0 Å². The molecule has 0 spiro atoms. The first-order chi connectivity index (χ1) is 11.3. The number of nitrogens with zero attached hydrogens (tertiary/aromatic N) is 1. The van der Waals surface area contributed by atoms with Crippen LogP contribution in [-0.4, -0.2) is 37.0 Å². The van der Waals surface area contributed by atoms with Gasteiger partial charge < -0.3 is 11.1 Å². The molecular formula is C19H31N3O. The van der Waals surface area contributed by atoms with Crippen LogP contribution in [0.2, 0.25) is 0 Å². The first-order valence-corrected chi connectivity index (χ1v) is 9.07. The molecule has 0 saturated carbocycles. The molecule has 1 atom stereocenters. The average Bonchev–Trinajstić information content (AvgIpc) is 3.10. The second-order valence-electron chi connectivity index (χ2n) is 6.43. The zero-order valence-corrected chi connectivity index (χ0v) is 14.2. The van der Waals surface area contributed by atoms with Crippen molar-refractivity contribution in [2.45, 2.75) is 51.0 Å². The molecule has 1 aromatic carbocycles. The van der Waals surface area contributed by atoms with Gasteiger partial charge in [-0.05, 0) is 50.9 Å². The third-order valence-corrected chi connectivity index (χ3v) is 4.62. The van der Waals surface area contributed by atoms with Gasteiger partial charge in [0, 0.05) is 13.0 Å². The molecule has 1 aliphatic heterocycles. The summed E-state index contributed by atoms with van der Waals surface area (Å²) in [7, 11) is 0. The van der Waals surface area contributed by atoms with Crippen molar-refractivity contribution < 1.29 is 4.79 Å². The predicted molar refractivity (Wildman–Crippen MR) is 95.1 cm³/mol. The number of hydrogen-bond acceptors (Lipinski definition) is 3. The van der Waals surface area contributed by atoms with Gasteiger partial charge in [0.05, 0.1) is 6.04 Å².